The van der Waals surface area contributed by atoms with Crippen LogP contribution in [0.3, 0.4) is 0 Å². The van der Waals surface area contributed by atoms with E-state index in [-0.39, 0.29) is 11.9 Å². The molecule has 0 saturated carbocycles. The molecule has 1 aromatic heterocycles. The number of ether oxygens (including phenoxy) is 1. The van der Waals surface area contributed by atoms with E-state index in [4.69, 9.17) is 10.5 Å². The van der Waals surface area contributed by atoms with Crippen molar-refractivity contribution in [1.82, 2.24) is 15.2 Å². The Morgan fingerprint density at radius 1 is 1.60 bits per heavy atom. The Kier molecular flexibility index (Phi) is 5.90. The molecule has 2 rings (SSSR count). The third kappa shape index (κ3) is 4.82. The molecule has 0 aromatic carbocycles. The molecule has 112 valence electrons. The molecule has 1 fully saturated rings. The Morgan fingerprint density at radius 3 is 3.00 bits per heavy atom. The van der Waals surface area contributed by atoms with Crippen LogP contribution in [-0.2, 0) is 16.0 Å². The van der Waals surface area contributed by atoms with E-state index in [2.05, 4.69) is 15.2 Å². The number of carbonyl (C=O) groups is 1. The Morgan fingerprint density at radius 2 is 2.35 bits per heavy atom. The molecule has 1 unspecified atom stereocenters. The fourth-order valence-electron chi connectivity index (χ4n) is 2.02. The van der Waals surface area contributed by atoms with Crippen molar-refractivity contribution in [3.05, 3.63) is 16.1 Å². The third-order valence-corrected chi connectivity index (χ3v) is 4.25. The van der Waals surface area contributed by atoms with E-state index < -0.39 is 0 Å². The minimum atomic E-state index is -0.0712. The molecule has 20 heavy (non-hydrogen) atoms. The summed E-state index contributed by atoms with van der Waals surface area (Å²) in [5, 5.41) is 5.71. The van der Waals surface area contributed by atoms with Gasteiger partial charge in [0, 0.05) is 31.6 Å². The van der Waals surface area contributed by atoms with E-state index in [0.717, 1.165) is 43.5 Å². The van der Waals surface area contributed by atoms with E-state index in [0.29, 0.717) is 13.0 Å². The van der Waals surface area contributed by atoms with Crippen LogP contribution < -0.4 is 11.1 Å². The number of nitrogens with one attached hydrogen (secondary N) is 1. The van der Waals surface area contributed by atoms with Gasteiger partial charge in [0.15, 0.2) is 0 Å². The van der Waals surface area contributed by atoms with Crippen molar-refractivity contribution in [3.63, 3.8) is 0 Å². The first kappa shape index (κ1) is 15.4. The number of morpholine rings is 1. The molecule has 6 nitrogen and oxygen atoms in total. The molecule has 0 aliphatic carbocycles. The third-order valence-electron chi connectivity index (χ3n) is 3.15. The van der Waals surface area contributed by atoms with Gasteiger partial charge in [-0.05, 0) is 6.92 Å². The van der Waals surface area contributed by atoms with E-state index in [9.17, 15) is 4.79 Å². The van der Waals surface area contributed by atoms with Crippen molar-refractivity contribution >= 4 is 17.2 Å². The molecule has 3 N–H and O–H groups in total. The van der Waals surface area contributed by atoms with Gasteiger partial charge in [-0.1, -0.05) is 0 Å². The predicted molar refractivity (Wildman–Crippen MR) is 78.7 cm³/mol. The molecule has 1 aliphatic heterocycles. The van der Waals surface area contributed by atoms with Crippen LogP contribution in [0, 0.1) is 0 Å². The largest absolute Gasteiger partial charge is 0.379 e. The second-order valence-corrected chi connectivity index (χ2v) is 5.84. The summed E-state index contributed by atoms with van der Waals surface area (Å²) in [5.74, 6) is 0.0137. The number of amides is 1. The molecule has 1 aromatic rings. The standard InChI is InChI=1S/C13H22N4O2S/c1-10(14)13-16-11(9-20-13)8-12(18)15-2-3-17-4-6-19-7-5-17/h9-10H,2-8,14H2,1H3,(H,15,18). The molecule has 7 heteroatoms. The number of nitrogens with zero attached hydrogens (tertiary/aromatic N) is 2. The first-order chi connectivity index (χ1) is 9.65. The van der Waals surface area contributed by atoms with Gasteiger partial charge in [-0.25, -0.2) is 4.98 Å². The molecule has 1 amide bonds. The average molecular weight is 298 g/mol. The highest BCUT2D eigenvalue weighted by Gasteiger charge is 2.12. The van der Waals surface area contributed by atoms with Gasteiger partial charge in [-0.2, -0.15) is 0 Å². The maximum absolute atomic E-state index is 11.8. The van der Waals surface area contributed by atoms with Gasteiger partial charge in [-0.3, -0.25) is 9.69 Å². The predicted octanol–water partition coefficient (Wildman–Crippen LogP) is 0.154. The van der Waals surface area contributed by atoms with Gasteiger partial charge in [-0.15, -0.1) is 11.3 Å². The van der Waals surface area contributed by atoms with E-state index in [1.54, 1.807) is 0 Å². The van der Waals surface area contributed by atoms with Crippen LogP contribution in [0.1, 0.15) is 23.7 Å². The quantitative estimate of drug-likeness (QED) is 0.781. The molecule has 0 radical (unpaired) electrons. The Balaban J connectivity index is 1.66. The maximum Gasteiger partial charge on any atom is 0.226 e. The van der Waals surface area contributed by atoms with Crippen LogP contribution >= 0.6 is 11.3 Å². The number of aromatic nitrogens is 1. The lowest BCUT2D eigenvalue weighted by molar-refractivity contribution is -0.120. The van der Waals surface area contributed by atoms with Crippen LogP contribution in [0.5, 0.6) is 0 Å². The zero-order valence-electron chi connectivity index (χ0n) is 11.8. The van der Waals surface area contributed by atoms with E-state index >= 15 is 0 Å². The number of nitrogens with two attached hydrogens (primary N) is 1. The molecule has 1 aliphatic rings. The van der Waals surface area contributed by atoms with Gasteiger partial charge in [0.1, 0.15) is 5.01 Å². The summed E-state index contributed by atoms with van der Waals surface area (Å²) in [5.41, 5.74) is 6.55. The zero-order valence-corrected chi connectivity index (χ0v) is 12.6. The van der Waals surface area contributed by atoms with Crippen molar-refractivity contribution in [2.45, 2.75) is 19.4 Å². The molecule has 0 bridgehead atoms. The zero-order chi connectivity index (χ0) is 14.4. The van der Waals surface area contributed by atoms with Gasteiger partial charge >= 0.3 is 0 Å². The van der Waals surface area contributed by atoms with Gasteiger partial charge in [0.2, 0.25) is 5.91 Å². The van der Waals surface area contributed by atoms with Crippen molar-refractivity contribution in [2.75, 3.05) is 39.4 Å². The summed E-state index contributed by atoms with van der Waals surface area (Å²) >= 11 is 1.51. The van der Waals surface area contributed by atoms with Gasteiger partial charge < -0.3 is 15.8 Å². The van der Waals surface area contributed by atoms with Gasteiger partial charge in [0.05, 0.1) is 31.4 Å². The Labute approximate surface area is 123 Å². The number of hydrogen-bond donors (Lipinski definition) is 2. The van der Waals surface area contributed by atoms with E-state index in [1.807, 2.05) is 12.3 Å². The van der Waals surface area contributed by atoms with Crippen molar-refractivity contribution in [1.29, 1.82) is 0 Å². The van der Waals surface area contributed by atoms with Crippen LogP contribution in [0.15, 0.2) is 5.38 Å². The minimum absolute atomic E-state index is 0.0137. The average Bonchev–Trinajstić information content (AvgIpc) is 2.88. The topological polar surface area (TPSA) is 80.5 Å². The lowest BCUT2D eigenvalue weighted by Crippen LogP contribution is -2.41. The summed E-state index contributed by atoms with van der Waals surface area (Å²) in [6.45, 7) is 6.89. The maximum atomic E-state index is 11.8. The lowest BCUT2D eigenvalue weighted by Gasteiger charge is -2.26. The van der Waals surface area contributed by atoms with Crippen LogP contribution in [0.2, 0.25) is 0 Å². The summed E-state index contributed by atoms with van der Waals surface area (Å²) in [6.07, 6.45) is 0.326. The monoisotopic (exact) mass is 298 g/mol. The first-order valence-corrected chi connectivity index (χ1v) is 7.80. The number of thiazole rings is 1. The number of hydrogen-bond acceptors (Lipinski definition) is 6. The highest BCUT2D eigenvalue weighted by atomic mass is 32.1. The molecule has 0 spiro atoms. The van der Waals surface area contributed by atoms with Crippen LogP contribution in [0.4, 0.5) is 0 Å². The molecule has 1 saturated heterocycles. The number of carbonyl (C=O) groups excluding carboxylic acids is 1. The Hall–Kier alpha value is -1.02. The summed E-state index contributed by atoms with van der Waals surface area (Å²) in [7, 11) is 0. The smallest absolute Gasteiger partial charge is 0.226 e. The summed E-state index contributed by atoms with van der Waals surface area (Å²) in [6, 6.07) is -0.0712. The minimum Gasteiger partial charge on any atom is -0.379 e. The normalized spacial score (nSPS) is 17.9. The molecular formula is C13H22N4O2S. The van der Waals surface area contributed by atoms with Crippen molar-refractivity contribution in [3.8, 4) is 0 Å². The van der Waals surface area contributed by atoms with Crippen molar-refractivity contribution < 1.29 is 9.53 Å². The molecule has 2 heterocycles. The fraction of sp³-hybridized carbons (Fsp3) is 0.692. The number of rotatable bonds is 6. The highest BCUT2D eigenvalue weighted by Crippen LogP contribution is 2.15. The SMILES string of the molecule is CC(N)c1nc(CC(=O)NCCN2CCOCC2)cs1. The molecular weight excluding hydrogens is 276 g/mol. The second kappa shape index (κ2) is 7.68. The van der Waals surface area contributed by atoms with Crippen LogP contribution in [0.25, 0.3) is 0 Å². The highest BCUT2D eigenvalue weighted by molar-refractivity contribution is 7.09. The summed E-state index contributed by atoms with van der Waals surface area (Å²) in [4.78, 5) is 18.5. The fourth-order valence-corrected chi connectivity index (χ4v) is 2.80. The van der Waals surface area contributed by atoms with Crippen LogP contribution in [-0.4, -0.2) is 55.2 Å². The molecule has 1 atom stereocenters. The van der Waals surface area contributed by atoms with Gasteiger partial charge in [0.25, 0.3) is 0 Å². The van der Waals surface area contributed by atoms with Crippen molar-refractivity contribution in [2.24, 2.45) is 5.73 Å². The lowest BCUT2D eigenvalue weighted by atomic mass is 10.3. The second-order valence-electron chi connectivity index (χ2n) is 4.95. The van der Waals surface area contributed by atoms with E-state index in [1.165, 1.54) is 11.3 Å². The Bertz CT molecular complexity index is 430. The first-order valence-electron chi connectivity index (χ1n) is 6.92. The summed E-state index contributed by atoms with van der Waals surface area (Å²) < 4.78 is 5.28.